The molecule has 4 nitrogen and oxygen atoms in total. The molecule has 2 aromatic rings. The lowest BCUT2D eigenvalue weighted by atomic mass is 10.1. The molecule has 0 aliphatic carbocycles. The van der Waals surface area contributed by atoms with Crippen molar-refractivity contribution in [1.82, 2.24) is 0 Å². The topological polar surface area (TPSA) is 55.4 Å². The van der Waals surface area contributed by atoms with E-state index in [0.29, 0.717) is 29.8 Å². The summed E-state index contributed by atoms with van der Waals surface area (Å²) in [5, 5.41) is 2.58. The molecule has 126 valence electrons. The van der Waals surface area contributed by atoms with E-state index >= 15 is 0 Å². The molecule has 0 bridgehead atoms. The minimum atomic E-state index is -0.366. The molecule has 0 aromatic heterocycles. The molecule has 0 radical (unpaired) electrons. The summed E-state index contributed by atoms with van der Waals surface area (Å²) in [6.07, 6.45) is 1.20. The predicted octanol–water partition coefficient (Wildman–Crippen LogP) is 3.67. The first-order valence-corrected chi connectivity index (χ1v) is 7.71. The summed E-state index contributed by atoms with van der Waals surface area (Å²) >= 11 is 0. The van der Waals surface area contributed by atoms with Crippen LogP contribution in [0.15, 0.2) is 42.5 Å². The Bertz CT molecular complexity index is 726. The van der Waals surface area contributed by atoms with Crippen molar-refractivity contribution in [2.24, 2.45) is 0 Å². The number of hydrogen-bond acceptors (Lipinski definition) is 3. The van der Waals surface area contributed by atoms with Gasteiger partial charge in [-0.2, -0.15) is 0 Å². The number of rotatable bonds is 7. The fourth-order valence-electron chi connectivity index (χ4n) is 2.09. The Morgan fingerprint density at radius 2 is 1.83 bits per heavy atom. The van der Waals surface area contributed by atoms with Gasteiger partial charge in [0.05, 0.1) is 0 Å². The van der Waals surface area contributed by atoms with Gasteiger partial charge in [0, 0.05) is 12.1 Å². The van der Waals surface area contributed by atoms with E-state index in [2.05, 4.69) is 5.32 Å². The molecule has 0 aliphatic heterocycles. The molecule has 0 saturated heterocycles. The van der Waals surface area contributed by atoms with Crippen molar-refractivity contribution in [3.63, 3.8) is 0 Å². The van der Waals surface area contributed by atoms with E-state index in [1.54, 1.807) is 38.1 Å². The number of Topliss-reactive ketones (excluding diaryl/α,β-unsaturated/α-hetero) is 1. The van der Waals surface area contributed by atoms with E-state index in [-0.39, 0.29) is 24.1 Å². The smallest absolute Gasteiger partial charge is 0.262 e. The predicted molar refractivity (Wildman–Crippen MR) is 90.7 cm³/mol. The molecule has 1 N–H and O–H groups in total. The van der Waals surface area contributed by atoms with Crippen LogP contribution in [0.2, 0.25) is 0 Å². The van der Waals surface area contributed by atoms with Crippen LogP contribution in [0, 0.1) is 12.7 Å². The summed E-state index contributed by atoms with van der Waals surface area (Å²) in [6, 6.07) is 11.8. The van der Waals surface area contributed by atoms with Crippen LogP contribution in [0.1, 0.15) is 24.5 Å². The molecular formula is C19H20FNO3. The lowest BCUT2D eigenvalue weighted by Gasteiger charge is -2.09. The summed E-state index contributed by atoms with van der Waals surface area (Å²) in [6.45, 7) is 3.06. The normalized spacial score (nSPS) is 10.3. The first-order valence-electron chi connectivity index (χ1n) is 7.71. The maximum Gasteiger partial charge on any atom is 0.262 e. The Labute approximate surface area is 140 Å². The highest BCUT2D eigenvalue weighted by Gasteiger charge is 2.06. The number of aryl methyl sites for hydroxylation is 2. The maximum atomic E-state index is 13.4. The first kappa shape index (κ1) is 17.7. The highest BCUT2D eigenvalue weighted by molar-refractivity contribution is 5.91. The zero-order valence-electron chi connectivity index (χ0n) is 13.8. The van der Waals surface area contributed by atoms with Gasteiger partial charge >= 0.3 is 0 Å². The summed E-state index contributed by atoms with van der Waals surface area (Å²) in [4.78, 5) is 22.8. The molecule has 0 aliphatic rings. The zero-order chi connectivity index (χ0) is 17.5. The number of nitrogens with one attached hydrogen (secondary N) is 1. The van der Waals surface area contributed by atoms with E-state index in [9.17, 15) is 14.0 Å². The van der Waals surface area contributed by atoms with Crippen LogP contribution in [-0.4, -0.2) is 18.3 Å². The molecule has 24 heavy (non-hydrogen) atoms. The van der Waals surface area contributed by atoms with Gasteiger partial charge in [0.1, 0.15) is 17.3 Å². The lowest BCUT2D eigenvalue weighted by Crippen LogP contribution is -2.20. The Kier molecular flexibility index (Phi) is 6.07. The standard InChI is InChI=1S/C19H20FNO3/c1-13-3-8-16(11-18(13)20)21-19(23)12-24-17-9-6-15(7-10-17)5-4-14(2)22/h3,6-11H,4-5,12H2,1-2H3,(H,21,23). The van der Waals surface area contributed by atoms with Crippen molar-refractivity contribution in [1.29, 1.82) is 0 Å². The highest BCUT2D eigenvalue weighted by atomic mass is 19.1. The summed E-state index contributed by atoms with van der Waals surface area (Å²) < 4.78 is 18.8. The molecular weight excluding hydrogens is 309 g/mol. The Morgan fingerprint density at radius 3 is 2.46 bits per heavy atom. The van der Waals surface area contributed by atoms with Crippen molar-refractivity contribution in [3.8, 4) is 5.75 Å². The van der Waals surface area contributed by atoms with Gasteiger partial charge in [0.25, 0.3) is 5.91 Å². The van der Waals surface area contributed by atoms with Crippen molar-refractivity contribution >= 4 is 17.4 Å². The SMILES string of the molecule is CC(=O)CCc1ccc(OCC(=O)Nc2ccc(C)c(F)c2)cc1. The zero-order valence-corrected chi connectivity index (χ0v) is 13.8. The van der Waals surface area contributed by atoms with E-state index in [4.69, 9.17) is 4.74 Å². The Hall–Kier alpha value is -2.69. The van der Waals surface area contributed by atoms with E-state index in [1.807, 2.05) is 12.1 Å². The van der Waals surface area contributed by atoms with E-state index in [1.165, 1.54) is 6.07 Å². The number of amides is 1. The molecule has 0 spiro atoms. The van der Waals surface area contributed by atoms with Gasteiger partial charge in [0.15, 0.2) is 6.61 Å². The van der Waals surface area contributed by atoms with Gasteiger partial charge in [-0.05, 0) is 55.7 Å². The summed E-state index contributed by atoms with van der Waals surface area (Å²) in [5.74, 6) is -0.0138. The number of carbonyl (C=O) groups excluding carboxylic acids is 2. The fraction of sp³-hybridized carbons (Fsp3) is 0.263. The third-order valence-electron chi connectivity index (χ3n) is 3.51. The number of ether oxygens (including phenoxy) is 1. The number of carbonyl (C=O) groups is 2. The Morgan fingerprint density at radius 1 is 1.12 bits per heavy atom. The molecule has 5 heteroatoms. The van der Waals surface area contributed by atoms with Crippen LogP contribution in [0.3, 0.4) is 0 Å². The number of benzene rings is 2. The second-order valence-electron chi connectivity index (χ2n) is 5.65. The molecule has 0 saturated carbocycles. The average Bonchev–Trinajstić information content (AvgIpc) is 2.55. The minimum Gasteiger partial charge on any atom is -0.484 e. The average molecular weight is 329 g/mol. The van der Waals surface area contributed by atoms with Gasteiger partial charge in [-0.3, -0.25) is 4.79 Å². The van der Waals surface area contributed by atoms with Gasteiger partial charge in [-0.25, -0.2) is 4.39 Å². The molecule has 0 atom stereocenters. The molecule has 0 fully saturated rings. The first-order chi connectivity index (χ1) is 11.4. The third-order valence-corrected chi connectivity index (χ3v) is 3.51. The monoisotopic (exact) mass is 329 g/mol. The summed E-state index contributed by atoms with van der Waals surface area (Å²) in [5.41, 5.74) is 1.96. The van der Waals surface area contributed by atoms with Gasteiger partial charge in [-0.1, -0.05) is 18.2 Å². The van der Waals surface area contributed by atoms with Gasteiger partial charge in [0.2, 0.25) is 0 Å². The van der Waals surface area contributed by atoms with Gasteiger partial charge in [-0.15, -0.1) is 0 Å². The second kappa shape index (κ2) is 8.24. The van der Waals surface area contributed by atoms with Crippen molar-refractivity contribution < 1.29 is 18.7 Å². The van der Waals surface area contributed by atoms with E-state index < -0.39 is 0 Å². The van der Waals surface area contributed by atoms with Crippen molar-refractivity contribution in [2.75, 3.05) is 11.9 Å². The Balaban J connectivity index is 1.82. The lowest BCUT2D eigenvalue weighted by molar-refractivity contribution is -0.118. The number of anilines is 1. The largest absolute Gasteiger partial charge is 0.484 e. The molecule has 2 aromatic carbocycles. The fourth-order valence-corrected chi connectivity index (χ4v) is 2.09. The minimum absolute atomic E-state index is 0.152. The van der Waals surface area contributed by atoms with Crippen LogP contribution in [0.5, 0.6) is 5.75 Å². The van der Waals surface area contributed by atoms with Crippen LogP contribution in [-0.2, 0) is 16.0 Å². The van der Waals surface area contributed by atoms with Crippen LogP contribution in [0.25, 0.3) is 0 Å². The molecule has 0 heterocycles. The molecule has 0 unspecified atom stereocenters. The van der Waals surface area contributed by atoms with Crippen LogP contribution >= 0.6 is 0 Å². The van der Waals surface area contributed by atoms with Gasteiger partial charge < -0.3 is 14.8 Å². The molecule has 1 amide bonds. The van der Waals surface area contributed by atoms with Crippen LogP contribution < -0.4 is 10.1 Å². The third kappa shape index (κ3) is 5.50. The van der Waals surface area contributed by atoms with E-state index in [0.717, 1.165) is 5.56 Å². The van der Waals surface area contributed by atoms with Crippen molar-refractivity contribution in [3.05, 3.63) is 59.4 Å². The number of halogens is 1. The van der Waals surface area contributed by atoms with Crippen molar-refractivity contribution in [2.45, 2.75) is 26.7 Å². The summed E-state index contributed by atoms with van der Waals surface area (Å²) in [7, 11) is 0. The quantitative estimate of drug-likeness (QED) is 0.843. The number of hydrogen-bond donors (Lipinski definition) is 1. The number of ketones is 1. The maximum absolute atomic E-state index is 13.4. The second-order valence-corrected chi connectivity index (χ2v) is 5.65. The highest BCUT2D eigenvalue weighted by Crippen LogP contribution is 2.15. The van der Waals surface area contributed by atoms with Crippen LogP contribution in [0.4, 0.5) is 10.1 Å². The molecule has 2 rings (SSSR count).